The molecule has 0 fully saturated rings. The number of hydrogen-bond donors (Lipinski definition) is 2. The van der Waals surface area contributed by atoms with Gasteiger partial charge in [0.1, 0.15) is 5.82 Å². The van der Waals surface area contributed by atoms with Gasteiger partial charge < -0.3 is 14.9 Å². The average molecular weight is 256 g/mol. The minimum Gasteiger partial charge on any atom is -0.395 e. The molecule has 1 aromatic carbocycles. The predicted molar refractivity (Wildman–Crippen MR) is 68.0 cm³/mol. The highest BCUT2D eigenvalue weighted by Crippen LogP contribution is 2.28. The molecule has 0 aliphatic heterocycles. The largest absolute Gasteiger partial charge is 0.395 e. The molecule has 0 aliphatic carbocycles. The lowest BCUT2D eigenvalue weighted by atomic mass is 9.79. The molecule has 0 heterocycles. The van der Waals surface area contributed by atoms with Crippen LogP contribution in [0.2, 0.25) is 0 Å². The van der Waals surface area contributed by atoms with Gasteiger partial charge in [0.15, 0.2) is 0 Å². The highest BCUT2D eigenvalue weighted by atomic mass is 19.1. The summed E-state index contributed by atoms with van der Waals surface area (Å²) in [6, 6.07) is 5.98. The van der Waals surface area contributed by atoms with Crippen LogP contribution in [-0.4, -0.2) is 36.1 Å². The van der Waals surface area contributed by atoms with Crippen LogP contribution in [0.25, 0.3) is 0 Å². The Bertz CT molecular complexity index is 362. The van der Waals surface area contributed by atoms with E-state index in [2.05, 4.69) is 0 Å². The van der Waals surface area contributed by atoms with Gasteiger partial charge >= 0.3 is 0 Å². The van der Waals surface area contributed by atoms with Crippen LogP contribution in [0.5, 0.6) is 0 Å². The standard InChI is InChI=1S/C14H21FO3/c1-11(2)18-7-6-14(9-16,10-17)12-4-3-5-13(15)8-12/h3-5,8,11,16-17H,6-7,9-10H2,1-2H3. The van der Waals surface area contributed by atoms with Crippen molar-refractivity contribution >= 4 is 0 Å². The predicted octanol–water partition coefficient (Wildman–Crippen LogP) is 1.86. The molecule has 3 nitrogen and oxygen atoms in total. The minimum absolute atomic E-state index is 0.0904. The van der Waals surface area contributed by atoms with E-state index in [-0.39, 0.29) is 25.1 Å². The van der Waals surface area contributed by atoms with Crippen LogP contribution in [0.15, 0.2) is 24.3 Å². The van der Waals surface area contributed by atoms with Crippen molar-refractivity contribution in [2.45, 2.75) is 31.8 Å². The first-order valence-electron chi connectivity index (χ1n) is 6.13. The van der Waals surface area contributed by atoms with Gasteiger partial charge in [0.05, 0.1) is 19.3 Å². The van der Waals surface area contributed by atoms with E-state index in [9.17, 15) is 14.6 Å². The zero-order valence-corrected chi connectivity index (χ0v) is 10.9. The van der Waals surface area contributed by atoms with Crippen LogP contribution < -0.4 is 0 Å². The summed E-state index contributed by atoms with van der Waals surface area (Å²) in [7, 11) is 0. The Morgan fingerprint density at radius 1 is 1.28 bits per heavy atom. The van der Waals surface area contributed by atoms with Gasteiger partial charge in [-0.2, -0.15) is 0 Å². The second-order valence-electron chi connectivity index (χ2n) is 4.78. The van der Waals surface area contributed by atoms with Gasteiger partial charge in [-0.3, -0.25) is 0 Å². The minimum atomic E-state index is -0.850. The second kappa shape index (κ2) is 6.83. The van der Waals surface area contributed by atoms with E-state index < -0.39 is 5.41 Å². The van der Waals surface area contributed by atoms with Gasteiger partial charge in [0, 0.05) is 12.0 Å². The molecule has 0 saturated carbocycles. The fourth-order valence-corrected chi connectivity index (χ4v) is 1.84. The van der Waals surface area contributed by atoms with Crippen LogP contribution >= 0.6 is 0 Å². The number of ether oxygens (including phenoxy) is 1. The monoisotopic (exact) mass is 256 g/mol. The molecule has 2 N–H and O–H groups in total. The molecule has 18 heavy (non-hydrogen) atoms. The third-order valence-electron chi connectivity index (χ3n) is 3.07. The van der Waals surface area contributed by atoms with Gasteiger partial charge in [0.25, 0.3) is 0 Å². The molecule has 0 radical (unpaired) electrons. The van der Waals surface area contributed by atoms with Crippen molar-refractivity contribution < 1.29 is 19.3 Å². The van der Waals surface area contributed by atoms with Crippen molar-refractivity contribution in [2.24, 2.45) is 0 Å². The Kier molecular flexibility index (Phi) is 5.72. The van der Waals surface area contributed by atoms with Crippen LogP contribution in [0.1, 0.15) is 25.8 Å². The summed E-state index contributed by atoms with van der Waals surface area (Å²) in [4.78, 5) is 0. The molecule has 0 aromatic heterocycles. The molecule has 0 aliphatic rings. The smallest absolute Gasteiger partial charge is 0.123 e. The van der Waals surface area contributed by atoms with Crippen molar-refractivity contribution in [3.05, 3.63) is 35.6 Å². The molecule has 102 valence electrons. The summed E-state index contributed by atoms with van der Waals surface area (Å²) in [5.41, 5.74) is -0.253. The SMILES string of the molecule is CC(C)OCCC(CO)(CO)c1cccc(F)c1. The molecular formula is C14H21FO3. The maximum Gasteiger partial charge on any atom is 0.123 e. The Balaban J connectivity index is 2.85. The quantitative estimate of drug-likeness (QED) is 0.783. The van der Waals surface area contributed by atoms with E-state index in [4.69, 9.17) is 4.74 Å². The number of aliphatic hydroxyl groups is 2. The lowest BCUT2D eigenvalue weighted by Gasteiger charge is -2.30. The maximum absolute atomic E-state index is 13.2. The van der Waals surface area contributed by atoms with E-state index in [1.54, 1.807) is 12.1 Å². The van der Waals surface area contributed by atoms with E-state index in [0.717, 1.165) is 0 Å². The van der Waals surface area contributed by atoms with E-state index in [0.29, 0.717) is 18.6 Å². The van der Waals surface area contributed by atoms with Gasteiger partial charge in [-0.1, -0.05) is 12.1 Å². The summed E-state index contributed by atoms with van der Waals surface area (Å²) in [5, 5.41) is 19.1. The lowest BCUT2D eigenvalue weighted by molar-refractivity contribution is 0.0362. The van der Waals surface area contributed by atoms with Gasteiger partial charge in [-0.15, -0.1) is 0 Å². The van der Waals surface area contributed by atoms with Crippen molar-refractivity contribution in [1.29, 1.82) is 0 Å². The van der Waals surface area contributed by atoms with Gasteiger partial charge in [-0.05, 0) is 38.0 Å². The highest BCUT2D eigenvalue weighted by molar-refractivity contribution is 5.26. The third-order valence-corrected chi connectivity index (χ3v) is 3.07. The summed E-state index contributed by atoms with van der Waals surface area (Å²) >= 11 is 0. The van der Waals surface area contributed by atoms with Crippen molar-refractivity contribution in [1.82, 2.24) is 0 Å². The molecule has 0 bridgehead atoms. The number of halogens is 1. The molecule has 1 rings (SSSR count). The Morgan fingerprint density at radius 2 is 1.94 bits per heavy atom. The Morgan fingerprint density at radius 3 is 2.44 bits per heavy atom. The van der Waals surface area contributed by atoms with E-state index >= 15 is 0 Å². The molecule has 0 atom stereocenters. The average Bonchev–Trinajstić information content (AvgIpc) is 2.35. The molecule has 0 saturated heterocycles. The topological polar surface area (TPSA) is 49.7 Å². The van der Waals surface area contributed by atoms with Crippen molar-refractivity contribution in [2.75, 3.05) is 19.8 Å². The fraction of sp³-hybridized carbons (Fsp3) is 0.571. The Labute approximate surface area is 107 Å². The van der Waals surface area contributed by atoms with Crippen LogP contribution in [0.3, 0.4) is 0 Å². The maximum atomic E-state index is 13.2. The van der Waals surface area contributed by atoms with Gasteiger partial charge in [-0.25, -0.2) is 4.39 Å². The van der Waals surface area contributed by atoms with Crippen molar-refractivity contribution in [3.8, 4) is 0 Å². The number of hydrogen-bond acceptors (Lipinski definition) is 3. The van der Waals surface area contributed by atoms with Crippen LogP contribution in [0.4, 0.5) is 4.39 Å². The molecule has 1 aromatic rings. The molecule has 0 spiro atoms. The Hall–Kier alpha value is -0.970. The first-order chi connectivity index (χ1) is 8.54. The molecule has 0 amide bonds. The van der Waals surface area contributed by atoms with Crippen molar-refractivity contribution in [3.63, 3.8) is 0 Å². The van der Waals surface area contributed by atoms with E-state index in [1.165, 1.54) is 12.1 Å². The first-order valence-corrected chi connectivity index (χ1v) is 6.13. The third kappa shape index (κ3) is 3.77. The second-order valence-corrected chi connectivity index (χ2v) is 4.78. The lowest BCUT2D eigenvalue weighted by Crippen LogP contribution is -2.36. The fourth-order valence-electron chi connectivity index (χ4n) is 1.84. The first kappa shape index (κ1) is 15.1. The summed E-state index contributed by atoms with van der Waals surface area (Å²) in [6.45, 7) is 3.77. The van der Waals surface area contributed by atoms with Crippen LogP contribution in [0, 0.1) is 5.82 Å². The molecular weight excluding hydrogens is 235 g/mol. The molecule has 0 unspecified atom stereocenters. The zero-order valence-electron chi connectivity index (χ0n) is 10.9. The van der Waals surface area contributed by atoms with Crippen LogP contribution in [-0.2, 0) is 10.2 Å². The van der Waals surface area contributed by atoms with Gasteiger partial charge in [0.2, 0.25) is 0 Å². The summed E-state index contributed by atoms with van der Waals surface area (Å²) in [6.07, 6.45) is 0.536. The molecule has 4 heteroatoms. The number of aliphatic hydroxyl groups excluding tert-OH is 2. The highest BCUT2D eigenvalue weighted by Gasteiger charge is 2.31. The zero-order chi connectivity index (χ0) is 13.6. The normalized spacial score (nSPS) is 12.1. The number of benzene rings is 1. The van der Waals surface area contributed by atoms with E-state index in [1.807, 2.05) is 13.8 Å². The summed E-state index contributed by atoms with van der Waals surface area (Å²) < 4.78 is 18.7. The summed E-state index contributed by atoms with van der Waals surface area (Å²) in [5.74, 6) is -0.372. The number of rotatable bonds is 7.